The lowest BCUT2D eigenvalue weighted by atomic mass is 10.2. The smallest absolute Gasteiger partial charge is 0.351 e. The summed E-state index contributed by atoms with van der Waals surface area (Å²) in [6.07, 6.45) is 0. The summed E-state index contributed by atoms with van der Waals surface area (Å²) >= 11 is 5.94. The number of nitrogens with zero attached hydrogens (tertiary/aromatic N) is 1. The van der Waals surface area contributed by atoms with Gasteiger partial charge in [-0.2, -0.15) is 0 Å². The normalized spacial score (nSPS) is 10.6. The van der Waals surface area contributed by atoms with Crippen molar-refractivity contribution >= 4 is 28.5 Å². The van der Waals surface area contributed by atoms with Crippen LogP contribution in [-0.4, -0.2) is 17.6 Å². The molecule has 2 heterocycles. The van der Waals surface area contributed by atoms with Gasteiger partial charge in [0.2, 0.25) is 0 Å². The molecule has 18 heavy (non-hydrogen) atoms. The van der Waals surface area contributed by atoms with E-state index in [-0.39, 0.29) is 17.3 Å². The molecule has 0 aliphatic rings. The van der Waals surface area contributed by atoms with Crippen LogP contribution in [-0.2, 0) is 4.74 Å². The maximum Gasteiger partial charge on any atom is 0.351 e. The zero-order chi connectivity index (χ0) is 13.3. The number of aromatic nitrogens is 1. The first-order chi connectivity index (χ1) is 8.52. The van der Waals surface area contributed by atoms with Crippen molar-refractivity contribution in [3.8, 4) is 0 Å². The Kier molecular flexibility index (Phi) is 3.34. The van der Waals surface area contributed by atoms with E-state index in [1.165, 1.54) is 6.07 Å². The largest absolute Gasteiger partial charge is 0.462 e. The molecule has 0 aromatic carbocycles. The van der Waals surface area contributed by atoms with Gasteiger partial charge in [-0.15, -0.1) is 0 Å². The minimum absolute atomic E-state index is 0.177. The van der Waals surface area contributed by atoms with E-state index in [1.54, 1.807) is 19.9 Å². The van der Waals surface area contributed by atoms with Gasteiger partial charge in [0, 0.05) is 11.8 Å². The van der Waals surface area contributed by atoms with Crippen molar-refractivity contribution in [1.82, 2.24) is 4.98 Å². The van der Waals surface area contributed by atoms with E-state index in [2.05, 4.69) is 4.98 Å². The highest BCUT2D eigenvalue weighted by molar-refractivity contribution is 6.34. The molecule has 0 bridgehead atoms. The highest BCUT2D eigenvalue weighted by Crippen LogP contribution is 2.22. The van der Waals surface area contributed by atoms with E-state index in [9.17, 15) is 9.59 Å². The number of halogens is 1. The van der Waals surface area contributed by atoms with Gasteiger partial charge < -0.3 is 9.15 Å². The van der Waals surface area contributed by atoms with Gasteiger partial charge in [-0.05, 0) is 19.9 Å². The molecule has 0 atom stereocenters. The molecule has 0 saturated heterocycles. The van der Waals surface area contributed by atoms with Crippen molar-refractivity contribution in [2.75, 3.05) is 6.61 Å². The first-order valence-electron chi connectivity index (χ1n) is 5.31. The molecule has 0 spiro atoms. The molecular weight excluding hydrogens is 258 g/mol. The lowest BCUT2D eigenvalue weighted by Gasteiger charge is -2.04. The summed E-state index contributed by atoms with van der Waals surface area (Å²) in [5.41, 5.74) is -0.00963. The summed E-state index contributed by atoms with van der Waals surface area (Å²) in [6.45, 7) is 3.55. The number of carbonyl (C=O) groups excluding carboxylic acids is 1. The van der Waals surface area contributed by atoms with E-state index >= 15 is 0 Å². The highest BCUT2D eigenvalue weighted by atomic mass is 35.5. The Bertz CT molecular complexity index is 678. The molecule has 0 aliphatic carbocycles. The van der Waals surface area contributed by atoms with Gasteiger partial charge in [-0.3, -0.25) is 0 Å². The molecule has 2 rings (SSSR count). The third-order valence-electron chi connectivity index (χ3n) is 2.31. The van der Waals surface area contributed by atoms with Crippen molar-refractivity contribution in [3.05, 3.63) is 39.0 Å². The number of carbonyl (C=O) groups is 1. The number of esters is 1. The zero-order valence-electron chi connectivity index (χ0n) is 9.82. The molecule has 0 aliphatic heterocycles. The summed E-state index contributed by atoms with van der Waals surface area (Å²) in [6, 6.07) is 2.92. The number of rotatable bonds is 2. The summed E-state index contributed by atoms with van der Waals surface area (Å²) in [7, 11) is 0. The zero-order valence-corrected chi connectivity index (χ0v) is 10.6. The van der Waals surface area contributed by atoms with Crippen LogP contribution in [0.1, 0.15) is 23.0 Å². The average molecular weight is 268 g/mol. The van der Waals surface area contributed by atoms with Crippen LogP contribution in [0.25, 0.3) is 11.0 Å². The van der Waals surface area contributed by atoms with Crippen LogP contribution in [0.3, 0.4) is 0 Å². The van der Waals surface area contributed by atoms with Gasteiger partial charge in [-0.25, -0.2) is 14.6 Å². The molecule has 2 aromatic rings. The number of hydrogen-bond donors (Lipinski definition) is 0. The van der Waals surface area contributed by atoms with E-state index in [0.29, 0.717) is 16.7 Å². The Morgan fingerprint density at radius 3 is 2.89 bits per heavy atom. The second-order valence-corrected chi connectivity index (χ2v) is 3.99. The molecule has 94 valence electrons. The van der Waals surface area contributed by atoms with Crippen LogP contribution in [0.15, 0.2) is 21.3 Å². The summed E-state index contributed by atoms with van der Waals surface area (Å²) in [5, 5.41) is 0.587. The molecule has 0 saturated carbocycles. The first kappa shape index (κ1) is 12.6. The molecular formula is C12H10ClNO4. The molecule has 6 heteroatoms. The summed E-state index contributed by atoms with van der Waals surface area (Å²) < 4.78 is 9.80. The predicted molar refractivity (Wildman–Crippen MR) is 66.0 cm³/mol. The van der Waals surface area contributed by atoms with Gasteiger partial charge in [-0.1, -0.05) is 11.6 Å². The van der Waals surface area contributed by atoms with E-state index in [1.807, 2.05) is 0 Å². The third-order valence-corrected chi connectivity index (χ3v) is 2.60. The number of aryl methyl sites for hydroxylation is 1. The molecule has 0 radical (unpaired) electrons. The fourth-order valence-electron chi connectivity index (χ4n) is 1.54. The topological polar surface area (TPSA) is 69.4 Å². The van der Waals surface area contributed by atoms with Crippen molar-refractivity contribution in [1.29, 1.82) is 0 Å². The Labute approximate surface area is 107 Å². The van der Waals surface area contributed by atoms with Crippen LogP contribution >= 0.6 is 11.6 Å². The van der Waals surface area contributed by atoms with Gasteiger partial charge in [0.25, 0.3) is 0 Å². The summed E-state index contributed by atoms with van der Waals surface area (Å²) in [4.78, 5) is 27.2. The Morgan fingerprint density at radius 1 is 1.50 bits per heavy atom. The van der Waals surface area contributed by atoms with E-state index in [4.69, 9.17) is 20.8 Å². The number of pyridine rings is 1. The lowest BCUT2D eigenvalue weighted by Crippen LogP contribution is -2.16. The van der Waals surface area contributed by atoms with E-state index < -0.39 is 11.6 Å². The molecule has 0 amide bonds. The summed E-state index contributed by atoms with van der Waals surface area (Å²) in [5.74, 6) is -0.732. The molecule has 0 unspecified atom stereocenters. The van der Waals surface area contributed by atoms with Crippen LogP contribution in [0, 0.1) is 6.92 Å². The van der Waals surface area contributed by atoms with E-state index in [0.717, 1.165) is 0 Å². The Balaban J connectivity index is 2.69. The first-order valence-corrected chi connectivity index (χ1v) is 5.69. The van der Waals surface area contributed by atoms with Gasteiger partial charge in [0.1, 0.15) is 16.3 Å². The van der Waals surface area contributed by atoms with Crippen molar-refractivity contribution < 1.29 is 13.9 Å². The maximum absolute atomic E-state index is 11.6. The highest BCUT2D eigenvalue weighted by Gasteiger charge is 2.16. The third kappa shape index (κ3) is 2.22. The average Bonchev–Trinajstić information content (AvgIpc) is 2.27. The molecule has 0 N–H and O–H groups in total. The minimum Gasteiger partial charge on any atom is -0.462 e. The quantitative estimate of drug-likeness (QED) is 0.617. The monoisotopic (exact) mass is 267 g/mol. The minimum atomic E-state index is -0.748. The fraction of sp³-hybridized carbons (Fsp3) is 0.250. The van der Waals surface area contributed by atoms with Crippen molar-refractivity contribution in [3.63, 3.8) is 0 Å². The van der Waals surface area contributed by atoms with Gasteiger partial charge >= 0.3 is 11.6 Å². The SMILES string of the molecule is CCOC(=O)c1cc2c(Cl)nc(C)cc2oc1=O. The van der Waals surface area contributed by atoms with Gasteiger partial charge in [0.15, 0.2) is 0 Å². The number of fused-ring (bicyclic) bond motifs is 1. The Morgan fingerprint density at radius 2 is 2.22 bits per heavy atom. The maximum atomic E-state index is 11.6. The second kappa shape index (κ2) is 4.78. The Hall–Kier alpha value is -1.88. The second-order valence-electron chi connectivity index (χ2n) is 3.63. The molecule has 0 fully saturated rings. The fourth-order valence-corrected chi connectivity index (χ4v) is 1.82. The van der Waals surface area contributed by atoms with Crippen molar-refractivity contribution in [2.45, 2.75) is 13.8 Å². The standard InChI is InChI=1S/C12H10ClNO4/c1-3-17-11(15)8-5-7-9(18-12(8)16)4-6(2)14-10(7)13/h4-5H,3H2,1-2H3. The predicted octanol–water partition coefficient (Wildman–Crippen LogP) is 2.33. The number of hydrogen-bond acceptors (Lipinski definition) is 5. The molecule has 5 nitrogen and oxygen atoms in total. The lowest BCUT2D eigenvalue weighted by molar-refractivity contribution is 0.0522. The van der Waals surface area contributed by atoms with Gasteiger partial charge in [0.05, 0.1) is 12.0 Å². The molecule has 2 aromatic heterocycles. The van der Waals surface area contributed by atoms with Crippen LogP contribution in [0.5, 0.6) is 0 Å². The van der Waals surface area contributed by atoms with Crippen LogP contribution < -0.4 is 5.63 Å². The number of ether oxygens (including phenoxy) is 1. The van der Waals surface area contributed by atoms with Crippen molar-refractivity contribution in [2.24, 2.45) is 0 Å². The van der Waals surface area contributed by atoms with Crippen LogP contribution in [0.4, 0.5) is 0 Å². The van der Waals surface area contributed by atoms with Crippen LogP contribution in [0.2, 0.25) is 5.15 Å².